The first-order valence-electron chi connectivity index (χ1n) is 9.60. The second-order valence-corrected chi connectivity index (χ2v) is 8.89. The summed E-state index contributed by atoms with van der Waals surface area (Å²) in [6.45, 7) is 3.45. The zero-order valence-electron chi connectivity index (χ0n) is 16.6. The minimum absolute atomic E-state index is 0.0386. The third-order valence-electron chi connectivity index (χ3n) is 5.24. The molecule has 0 unspecified atom stereocenters. The predicted octanol–water partition coefficient (Wildman–Crippen LogP) is 2.80. The van der Waals surface area contributed by atoms with E-state index >= 15 is 0 Å². The number of nitrogens with one attached hydrogen (secondary N) is 1. The summed E-state index contributed by atoms with van der Waals surface area (Å²) in [6.07, 6.45) is 3.80. The van der Waals surface area contributed by atoms with Crippen LogP contribution in [0.15, 0.2) is 35.1 Å². The number of fused-ring (bicyclic) bond motifs is 2. The van der Waals surface area contributed by atoms with Gasteiger partial charge in [-0.3, -0.25) is 4.79 Å². The molecule has 11 heteroatoms. The van der Waals surface area contributed by atoms with Crippen molar-refractivity contribution >= 4 is 34.0 Å². The molecule has 31 heavy (non-hydrogen) atoms. The van der Waals surface area contributed by atoms with E-state index in [1.807, 2.05) is 22.6 Å². The van der Waals surface area contributed by atoms with Crippen LogP contribution in [-0.2, 0) is 12.0 Å². The number of aromatic nitrogens is 5. The molecule has 0 spiro atoms. The molecule has 0 saturated carbocycles. The summed E-state index contributed by atoms with van der Waals surface area (Å²) in [7, 11) is 0. The number of oxazole rings is 1. The number of halogens is 2. The van der Waals surface area contributed by atoms with Crippen molar-refractivity contribution in [1.82, 2.24) is 29.5 Å². The number of imidazole rings is 1. The monoisotopic (exact) mass is 536 g/mol. The van der Waals surface area contributed by atoms with Crippen molar-refractivity contribution in [1.29, 1.82) is 0 Å². The number of carbonyl (C=O) groups excluding carboxylic acids is 1. The van der Waals surface area contributed by atoms with Gasteiger partial charge in [-0.05, 0) is 54.6 Å². The van der Waals surface area contributed by atoms with Gasteiger partial charge in [0.2, 0.25) is 11.7 Å². The predicted molar refractivity (Wildman–Crippen MR) is 115 cm³/mol. The van der Waals surface area contributed by atoms with Gasteiger partial charge in [0.15, 0.2) is 3.70 Å². The Kier molecular flexibility index (Phi) is 4.62. The van der Waals surface area contributed by atoms with Crippen LogP contribution in [0.2, 0.25) is 0 Å². The standard InChI is InChI=1S/C20H18FIN6O3/c1-20(2,30)19-25-17(22)16(31-19)18(29)27-7-5-11-14(24-9-23-11)15(27)12-8-13-10(21)4-3-6-28(13)26-12/h3-4,6,8-9,15,30H,5,7H2,1-2H3,(H,23,24)/t15-/m1/s1. The SMILES string of the molecule is CC(C)(O)c1nc(I)c(C(=O)N2CCc3[nH]cnc3[C@H]2c2cc3c(F)cccn3n2)o1. The van der Waals surface area contributed by atoms with E-state index < -0.39 is 23.4 Å². The van der Waals surface area contributed by atoms with Crippen LogP contribution in [0.3, 0.4) is 0 Å². The van der Waals surface area contributed by atoms with Gasteiger partial charge >= 0.3 is 0 Å². The van der Waals surface area contributed by atoms with Gasteiger partial charge in [0.25, 0.3) is 5.91 Å². The van der Waals surface area contributed by atoms with E-state index in [0.29, 0.717) is 33.6 Å². The van der Waals surface area contributed by atoms with E-state index in [1.165, 1.54) is 24.4 Å². The van der Waals surface area contributed by atoms with Gasteiger partial charge in [0.05, 0.1) is 17.7 Å². The first-order chi connectivity index (χ1) is 14.7. The van der Waals surface area contributed by atoms with Crippen LogP contribution >= 0.6 is 22.6 Å². The van der Waals surface area contributed by atoms with E-state index in [1.54, 1.807) is 29.6 Å². The van der Waals surface area contributed by atoms with Gasteiger partial charge < -0.3 is 19.4 Å². The lowest BCUT2D eigenvalue weighted by Gasteiger charge is -2.33. The number of nitrogens with zero attached hydrogens (tertiary/aromatic N) is 5. The smallest absolute Gasteiger partial charge is 0.293 e. The molecule has 0 radical (unpaired) electrons. The lowest BCUT2D eigenvalue weighted by Crippen LogP contribution is -2.41. The molecular weight excluding hydrogens is 518 g/mol. The molecule has 1 aliphatic heterocycles. The molecule has 160 valence electrons. The number of hydrogen-bond donors (Lipinski definition) is 2. The Morgan fingerprint density at radius 3 is 2.97 bits per heavy atom. The average molecular weight is 536 g/mol. The van der Waals surface area contributed by atoms with Crippen LogP contribution < -0.4 is 0 Å². The molecule has 1 atom stereocenters. The first-order valence-corrected chi connectivity index (χ1v) is 10.7. The third kappa shape index (κ3) is 3.31. The molecule has 5 heterocycles. The Labute approximate surface area is 189 Å². The number of hydrogen-bond acceptors (Lipinski definition) is 6. The molecule has 9 nitrogen and oxygen atoms in total. The fourth-order valence-electron chi connectivity index (χ4n) is 3.75. The molecule has 0 aromatic carbocycles. The summed E-state index contributed by atoms with van der Waals surface area (Å²) in [6, 6.07) is 3.92. The normalized spacial score (nSPS) is 16.7. The number of aromatic amines is 1. The van der Waals surface area contributed by atoms with Gasteiger partial charge in [-0.1, -0.05) is 0 Å². The van der Waals surface area contributed by atoms with Crippen molar-refractivity contribution in [2.45, 2.75) is 31.9 Å². The van der Waals surface area contributed by atoms with Gasteiger partial charge in [0.1, 0.15) is 23.0 Å². The second-order valence-electron chi connectivity index (χ2n) is 7.87. The Balaban J connectivity index is 1.61. The number of amides is 1. The molecule has 5 rings (SSSR count). The lowest BCUT2D eigenvalue weighted by molar-refractivity contribution is 0.0440. The van der Waals surface area contributed by atoms with Gasteiger partial charge in [-0.2, -0.15) is 5.10 Å². The molecular formula is C20H18FIN6O3. The summed E-state index contributed by atoms with van der Waals surface area (Å²) in [5.74, 6) is -0.707. The van der Waals surface area contributed by atoms with Crippen LogP contribution in [0.1, 0.15) is 53.4 Å². The minimum Gasteiger partial charge on any atom is -0.431 e. The van der Waals surface area contributed by atoms with E-state index in [0.717, 1.165) is 5.69 Å². The summed E-state index contributed by atoms with van der Waals surface area (Å²) in [4.78, 5) is 26.9. The van der Waals surface area contributed by atoms with Crippen molar-refractivity contribution in [2.24, 2.45) is 0 Å². The molecule has 0 saturated heterocycles. The van der Waals surface area contributed by atoms with Crippen LogP contribution in [-0.4, -0.2) is 47.0 Å². The van der Waals surface area contributed by atoms with Gasteiger partial charge in [-0.25, -0.2) is 18.9 Å². The third-order valence-corrected chi connectivity index (χ3v) is 5.97. The number of H-pyrrole nitrogens is 1. The maximum atomic E-state index is 14.3. The Morgan fingerprint density at radius 1 is 1.45 bits per heavy atom. The maximum Gasteiger partial charge on any atom is 0.293 e. The number of carbonyl (C=O) groups is 1. The Morgan fingerprint density at radius 2 is 2.26 bits per heavy atom. The fourth-order valence-corrected chi connectivity index (χ4v) is 4.31. The molecule has 4 aromatic rings. The van der Waals surface area contributed by atoms with E-state index in [4.69, 9.17) is 4.42 Å². The molecule has 0 bridgehead atoms. The molecule has 0 aliphatic carbocycles. The summed E-state index contributed by atoms with van der Waals surface area (Å²) in [5.41, 5.74) is 1.03. The Bertz CT molecular complexity index is 1300. The second kappa shape index (κ2) is 7.12. The lowest BCUT2D eigenvalue weighted by atomic mass is 9.99. The molecule has 0 fully saturated rings. The quantitative estimate of drug-likeness (QED) is 0.390. The minimum atomic E-state index is -1.33. The average Bonchev–Trinajstić information content (AvgIpc) is 3.44. The van der Waals surface area contributed by atoms with Gasteiger partial charge in [-0.15, -0.1) is 0 Å². The fraction of sp³-hybridized carbons (Fsp3) is 0.300. The van der Waals surface area contributed by atoms with Crippen molar-refractivity contribution in [3.05, 3.63) is 69.0 Å². The van der Waals surface area contributed by atoms with Gasteiger partial charge in [0, 0.05) is 24.9 Å². The van der Waals surface area contributed by atoms with Crippen molar-refractivity contribution < 1.29 is 18.7 Å². The molecule has 4 aromatic heterocycles. The van der Waals surface area contributed by atoms with Crippen molar-refractivity contribution in [3.63, 3.8) is 0 Å². The number of aliphatic hydroxyl groups is 1. The zero-order chi connectivity index (χ0) is 21.9. The van der Waals surface area contributed by atoms with Crippen molar-refractivity contribution in [3.8, 4) is 0 Å². The summed E-state index contributed by atoms with van der Waals surface area (Å²) < 4.78 is 21.7. The highest BCUT2D eigenvalue weighted by Crippen LogP contribution is 2.35. The van der Waals surface area contributed by atoms with Crippen LogP contribution in [0.5, 0.6) is 0 Å². The highest BCUT2D eigenvalue weighted by atomic mass is 127. The summed E-state index contributed by atoms with van der Waals surface area (Å²) in [5, 5.41) is 14.7. The maximum absolute atomic E-state index is 14.3. The van der Waals surface area contributed by atoms with Crippen LogP contribution in [0.25, 0.3) is 5.52 Å². The molecule has 1 aliphatic rings. The van der Waals surface area contributed by atoms with E-state index in [9.17, 15) is 14.3 Å². The molecule has 1 amide bonds. The number of rotatable bonds is 3. The van der Waals surface area contributed by atoms with Crippen LogP contribution in [0, 0.1) is 9.52 Å². The first kappa shape index (κ1) is 20.1. The number of pyridine rings is 1. The molecule has 2 N–H and O–H groups in total. The highest BCUT2D eigenvalue weighted by molar-refractivity contribution is 14.1. The Hall–Kier alpha value is -2.80. The topological polar surface area (TPSA) is 113 Å². The van der Waals surface area contributed by atoms with E-state index in [-0.39, 0.29) is 11.7 Å². The summed E-state index contributed by atoms with van der Waals surface area (Å²) >= 11 is 1.91. The van der Waals surface area contributed by atoms with Crippen LogP contribution in [0.4, 0.5) is 4.39 Å². The zero-order valence-corrected chi connectivity index (χ0v) is 18.8. The largest absolute Gasteiger partial charge is 0.431 e. The van der Waals surface area contributed by atoms with Crippen molar-refractivity contribution in [2.75, 3.05) is 6.54 Å². The van der Waals surface area contributed by atoms with E-state index in [2.05, 4.69) is 20.1 Å². The highest BCUT2D eigenvalue weighted by Gasteiger charge is 2.39.